The maximum Gasteiger partial charge on any atom is 0.230 e. The van der Waals surface area contributed by atoms with Crippen LogP contribution in [0.3, 0.4) is 0 Å². The highest BCUT2D eigenvalue weighted by Gasteiger charge is 2.27. The number of rotatable bonds is 4. The molecule has 0 saturated heterocycles. The third-order valence-electron chi connectivity index (χ3n) is 4.00. The fraction of sp³-hybridized carbons (Fsp3) is 0.467. The first kappa shape index (κ1) is 11.2. The van der Waals surface area contributed by atoms with Crippen molar-refractivity contribution in [1.29, 1.82) is 0 Å². The zero-order valence-electron chi connectivity index (χ0n) is 10.8. The van der Waals surface area contributed by atoms with Gasteiger partial charge < -0.3 is 9.73 Å². The monoisotopic (exact) mass is 255 g/mol. The first-order chi connectivity index (χ1) is 9.38. The molecule has 4 rings (SSSR count). The second kappa shape index (κ2) is 4.46. The van der Waals surface area contributed by atoms with E-state index in [9.17, 15) is 0 Å². The average molecular weight is 255 g/mol. The highest BCUT2D eigenvalue weighted by atomic mass is 16.4. The van der Waals surface area contributed by atoms with Crippen molar-refractivity contribution < 1.29 is 4.42 Å². The maximum atomic E-state index is 5.79. The fourth-order valence-electron chi connectivity index (χ4n) is 2.76. The Labute approximate surface area is 112 Å². The molecular formula is C15H17N3O. The van der Waals surface area contributed by atoms with Gasteiger partial charge in [0.05, 0.1) is 6.54 Å². The first-order valence-electron chi connectivity index (χ1n) is 7.01. The van der Waals surface area contributed by atoms with Gasteiger partial charge in [-0.25, -0.2) is 0 Å². The van der Waals surface area contributed by atoms with Gasteiger partial charge in [0.2, 0.25) is 11.8 Å². The van der Waals surface area contributed by atoms with Gasteiger partial charge in [0.25, 0.3) is 0 Å². The molecule has 1 aromatic carbocycles. The lowest BCUT2D eigenvalue weighted by atomic mass is 10.1. The zero-order valence-corrected chi connectivity index (χ0v) is 10.8. The number of fused-ring (bicyclic) bond motifs is 1. The Balaban J connectivity index is 1.45. The van der Waals surface area contributed by atoms with Gasteiger partial charge in [0, 0.05) is 12.0 Å². The predicted octanol–water partition coefficient (Wildman–Crippen LogP) is 2.20. The van der Waals surface area contributed by atoms with Crippen LogP contribution in [-0.2, 0) is 19.4 Å². The molecule has 1 aromatic heterocycles. The Morgan fingerprint density at radius 1 is 1.11 bits per heavy atom. The molecule has 2 aromatic rings. The van der Waals surface area contributed by atoms with Crippen molar-refractivity contribution >= 4 is 0 Å². The van der Waals surface area contributed by atoms with E-state index in [1.54, 1.807) is 0 Å². The summed E-state index contributed by atoms with van der Waals surface area (Å²) in [6.45, 7) is 0.706. The molecule has 0 amide bonds. The van der Waals surface area contributed by atoms with E-state index < -0.39 is 0 Å². The van der Waals surface area contributed by atoms with Gasteiger partial charge in [0.15, 0.2) is 0 Å². The van der Waals surface area contributed by atoms with Crippen LogP contribution in [0.1, 0.15) is 41.7 Å². The molecule has 1 N–H and O–H groups in total. The normalized spacial score (nSPS) is 18.7. The lowest BCUT2D eigenvalue weighted by molar-refractivity contribution is 0.406. The van der Waals surface area contributed by atoms with Crippen molar-refractivity contribution in [2.45, 2.75) is 44.2 Å². The molecule has 0 unspecified atom stereocenters. The zero-order chi connectivity index (χ0) is 12.7. The second-order valence-electron chi connectivity index (χ2n) is 5.56. The maximum absolute atomic E-state index is 5.79. The fourth-order valence-corrected chi connectivity index (χ4v) is 2.76. The summed E-state index contributed by atoms with van der Waals surface area (Å²) in [4.78, 5) is 0. The molecule has 0 aliphatic heterocycles. The lowest BCUT2D eigenvalue weighted by Crippen LogP contribution is -2.15. The summed E-state index contributed by atoms with van der Waals surface area (Å²) in [7, 11) is 0. The van der Waals surface area contributed by atoms with Crippen molar-refractivity contribution in [1.82, 2.24) is 15.5 Å². The largest absolute Gasteiger partial charge is 0.424 e. The minimum atomic E-state index is 0.361. The Morgan fingerprint density at radius 3 is 2.53 bits per heavy atom. The quantitative estimate of drug-likeness (QED) is 0.910. The summed E-state index contributed by atoms with van der Waals surface area (Å²) >= 11 is 0. The first-order valence-corrected chi connectivity index (χ1v) is 7.01. The standard InChI is InChI=1S/C15H17N3O/c1-2-4-11-8-12(7-10(11)3-1)15-18-17-14(19-15)9-16-13-5-6-13/h1-4,12-13,16H,5-9H2. The van der Waals surface area contributed by atoms with E-state index in [2.05, 4.69) is 39.8 Å². The lowest BCUT2D eigenvalue weighted by Gasteiger charge is -2.01. The summed E-state index contributed by atoms with van der Waals surface area (Å²) in [5.41, 5.74) is 2.84. The van der Waals surface area contributed by atoms with Gasteiger partial charge in [-0.1, -0.05) is 24.3 Å². The molecule has 2 aliphatic rings. The Hall–Kier alpha value is -1.68. The summed E-state index contributed by atoms with van der Waals surface area (Å²) in [5, 5.41) is 11.8. The molecule has 0 radical (unpaired) electrons. The van der Waals surface area contributed by atoms with Crippen LogP contribution in [0.4, 0.5) is 0 Å². The van der Waals surface area contributed by atoms with Crippen LogP contribution in [0.5, 0.6) is 0 Å². The van der Waals surface area contributed by atoms with E-state index in [0.717, 1.165) is 24.6 Å². The average Bonchev–Trinajstić information content (AvgIpc) is 2.99. The topological polar surface area (TPSA) is 51.0 Å². The third-order valence-corrected chi connectivity index (χ3v) is 4.00. The number of aromatic nitrogens is 2. The van der Waals surface area contributed by atoms with Gasteiger partial charge in [-0.05, 0) is 36.8 Å². The molecule has 1 heterocycles. The second-order valence-corrected chi connectivity index (χ2v) is 5.56. The van der Waals surface area contributed by atoms with Crippen LogP contribution in [-0.4, -0.2) is 16.2 Å². The third kappa shape index (κ3) is 2.28. The molecule has 0 atom stereocenters. The van der Waals surface area contributed by atoms with Gasteiger partial charge in [-0.15, -0.1) is 10.2 Å². The molecule has 0 spiro atoms. The van der Waals surface area contributed by atoms with Crippen molar-refractivity contribution in [3.8, 4) is 0 Å². The van der Waals surface area contributed by atoms with Gasteiger partial charge in [-0.2, -0.15) is 0 Å². The number of nitrogens with zero attached hydrogens (tertiary/aromatic N) is 2. The van der Waals surface area contributed by atoms with Gasteiger partial charge in [-0.3, -0.25) is 0 Å². The molecule has 98 valence electrons. The Kier molecular flexibility index (Phi) is 2.62. The molecule has 4 nitrogen and oxygen atoms in total. The van der Waals surface area contributed by atoms with Crippen LogP contribution < -0.4 is 5.32 Å². The van der Waals surface area contributed by atoms with Crippen LogP contribution in [0.15, 0.2) is 28.7 Å². The van der Waals surface area contributed by atoms with Crippen molar-refractivity contribution in [2.24, 2.45) is 0 Å². The Morgan fingerprint density at radius 2 is 1.84 bits per heavy atom. The van der Waals surface area contributed by atoms with E-state index in [-0.39, 0.29) is 0 Å². The van der Waals surface area contributed by atoms with Crippen LogP contribution >= 0.6 is 0 Å². The molecular weight excluding hydrogens is 238 g/mol. The summed E-state index contributed by atoms with van der Waals surface area (Å²) in [5.74, 6) is 1.88. The van der Waals surface area contributed by atoms with E-state index in [0.29, 0.717) is 18.5 Å². The van der Waals surface area contributed by atoms with Gasteiger partial charge >= 0.3 is 0 Å². The van der Waals surface area contributed by atoms with Crippen LogP contribution in [0, 0.1) is 0 Å². The number of benzene rings is 1. The molecule has 1 saturated carbocycles. The number of hydrogen-bond donors (Lipinski definition) is 1. The van der Waals surface area contributed by atoms with E-state index in [1.165, 1.54) is 24.0 Å². The molecule has 1 fully saturated rings. The highest BCUT2D eigenvalue weighted by Crippen LogP contribution is 2.33. The van der Waals surface area contributed by atoms with E-state index >= 15 is 0 Å². The minimum Gasteiger partial charge on any atom is -0.424 e. The van der Waals surface area contributed by atoms with Crippen molar-refractivity contribution in [3.05, 3.63) is 47.2 Å². The Bertz CT molecular complexity index is 564. The minimum absolute atomic E-state index is 0.361. The molecule has 19 heavy (non-hydrogen) atoms. The van der Waals surface area contributed by atoms with Crippen molar-refractivity contribution in [3.63, 3.8) is 0 Å². The van der Waals surface area contributed by atoms with E-state index in [4.69, 9.17) is 4.42 Å². The summed E-state index contributed by atoms with van der Waals surface area (Å²) < 4.78 is 5.79. The summed E-state index contributed by atoms with van der Waals surface area (Å²) in [6, 6.07) is 9.26. The number of nitrogens with one attached hydrogen (secondary N) is 1. The van der Waals surface area contributed by atoms with E-state index in [1.807, 2.05) is 0 Å². The number of hydrogen-bond acceptors (Lipinski definition) is 4. The van der Waals surface area contributed by atoms with Gasteiger partial charge in [0.1, 0.15) is 0 Å². The highest BCUT2D eigenvalue weighted by molar-refractivity contribution is 5.34. The van der Waals surface area contributed by atoms with Crippen LogP contribution in [0.25, 0.3) is 0 Å². The summed E-state index contributed by atoms with van der Waals surface area (Å²) in [6.07, 6.45) is 4.60. The van der Waals surface area contributed by atoms with Crippen molar-refractivity contribution in [2.75, 3.05) is 0 Å². The molecule has 0 bridgehead atoms. The molecule has 2 aliphatic carbocycles. The van der Waals surface area contributed by atoms with Crippen LogP contribution in [0.2, 0.25) is 0 Å². The predicted molar refractivity (Wildman–Crippen MR) is 70.8 cm³/mol. The SMILES string of the molecule is c1ccc2c(c1)CC(c1nnc(CNC3CC3)o1)C2. The smallest absolute Gasteiger partial charge is 0.230 e. The molecule has 4 heteroatoms.